The molecule has 0 bridgehead atoms. The highest BCUT2D eigenvalue weighted by atomic mass is 16.8. The number of allylic oxidation sites excluding steroid dienone is 1. The Morgan fingerprint density at radius 2 is 1.92 bits per heavy atom. The Balaban J connectivity index is 1.79. The largest absolute Gasteiger partial charge is 0.344 e. The Labute approximate surface area is 153 Å². The van der Waals surface area contributed by atoms with Gasteiger partial charge in [-0.05, 0) is 31.8 Å². The van der Waals surface area contributed by atoms with Crippen LogP contribution in [0.3, 0.4) is 0 Å². The van der Waals surface area contributed by atoms with Crippen molar-refractivity contribution in [3.8, 4) is 12.3 Å². The molecular weight excluding hydrogens is 334 g/mol. The Hall–Kier alpha value is -1.68. The number of terminal acetylenes is 1. The van der Waals surface area contributed by atoms with Crippen molar-refractivity contribution in [2.24, 2.45) is 0 Å². The lowest BCUT2D eigenvalue weighted by molar-refractivity contribution is -0.246. The monoisotopic (exact) mass is 359 g/mol. The van der Waals surface area contributed by atoms with Crippen LogP contribution < -0.4 is 0 Å². The van der Waals surface area contributed by atoms with Gasteiger partial charge in [0.15, 0.2) is 17.8 Å². The summed E-state index contributed by atoms with van der Waals surface area (Å²) in [5.74, 6) is 1.58. The first-order valence-electron chi connectivity index (χ1n) is 9.50. The van der Waals surface area contributed by atoms with E-state index in [0.717, 1.165) is 25.7 Å². The average Bonchev–Trinajstić information content (AvgIpc) is 3.29. The minimum atomic E-state index is -1.17. The second-order valence-corrected chi connectivity index (χ2v) is 7.66. The zero-order valence-corrected chi connectivity index (χ0v) is 15.3. The van der Waals surface area contributed by atoms with Crippen LogP contribution in [0, 0.1) is 12.3 Å². The zero-order chi connectivity index (χ0) is 18.6. The van der Waals surface area contributed by atoms with Crippen LogP contribution in [0.5, 0.6) is 0 Å². The van der Waals surface area contributed by atoms with Gasteiger partial charge in [0, 0.05) is 19.0 Å². The van der Waals surface area contributed by atoms with Crippen molar-refractivity contribution in [2.45, 2.75) is 88.1 Å². The molecule has 6 nitrogen and oxygen atoms in total. The minimum Gasteiger partial charge on any atom is -0.344 e. The van der Waals surface area contributed by atoms with Crippen molar-refractivity contribution < 1.29 is 23.8 Å². The van der Waals surface area contributed by atoms with E-state index in [-0.39, 0.29) is 18.1 Å². The normalized spacial score (nSPS) is 37.3. The summed E-state index contributed by atoms with van der Waals surface area (Å²) in [5.41, 5.74) is -1.80. The molecule has 0 radical (unpaired) electrons. The molecule has 0 unspecified atom stereocenters. The van der Waals surface area contributed by atoms with E-state index in [1.165, 1.54) is 17.2 Å². The van der Waals surface area contributed by atoms with Gasteiger partial charge in [0.25, 0.3) is 0 Å². The lowest BCUT2D eigenvalue weighted by atomic mass is 9.83. The van der Waals surface area contributed by atoms with Crippen LogP contribution in [0.15, 0.2) is 12.3 Å². The molecule has 4 rings (SSSR count). The minimum absolute atomic E-state index is 0.182. The molecule has 3 heterocycles. The van der Waals surface area contributed by atoms with E-state index in [4.69, 9.17) is 20.6 Å². The average molecular weight is 359 g/mol. The molecule has 2 saturated heterocycles. The van der Waals surface area contributed by atoms with Crippen molar-refractivity contribution in [3.05, 3.63) is 12.3 Å². The van der Waals surface area contributed by atoms with Crippen LogP contribution in [0.2, 0.25) is 0 Å². The molecule has 1 amide bonds. The van der Waals surface area contributed by atoms with E-state index >= 15 is 0 Å². The highest BCUT2D eigenvalue weighted by Gasteiger charge is 2.73. The highest BCUT2D eigenvalue weighted by Crippen LogP contribution is 2.57. The van der Waals surface area contributed by atoms with E-state index < -0.39 is 29.3 Å². The van der Waals surface area contributed by atoms with Crippen molar-refractivity contribution in [3.63, 3.8) is 0 Å². The van der Waals surface area contributed by atoms with Crippen LogP contribution in [-0.2, 0) is 23.8 Å². The molecule has 4 aliphatic rings. The van der Waals surface area contributed by atoms with E-state index in [1.54, 1.807) is 0 Å². The van der Waals surface area contributed by atoms with Crippen LogP contribution >= 0.6 is 0 Å². The molecule has 140 valence electrons. The summed E-state index contributed by atoms with van der Waals surface area (Å²) in [6.07, 6.45) is 12.5. The first-order chi connectivity index (χ1) is 12.4. The quantitative estimate of drug-likeness (QED) is 0.571. The third-order valence-corrected chi connectivity index (χ3v) is 6.34. The molecule has 1 spiro atoms. The number of ketones is 1. The molecule has 3 aliphatic heterocycles. The summed E-state index contributed by atoms with van der Waals surface area (Å²) in [5, 5.41) is 0. The summed E-state index contributed by atoms with van der Waals surface area (Å²) >= 11 is 0. The molecule has 1 aliphatic carbocycles. The standard InChI is InChI=1S/C20H25NO5/c1-4-18(5-2)16-20(6-3,26-19(24-16)10-7-8-11-19)17(25-18)21-12-9-14(22)13-15(21)23/h3,9,12,16-17H,4-5,7-8,10-11,13H2,1-2H3/t16-,17-,20-/m1/s1. The molecule has 0 aromatic carbocycles. The van der Waals surface area contributed by atoms with Gasteiger partial charge < -0.3 is 14.2 Å². The SMILES string of the molecule is C#C[C@@]12OC3(CCCC3)O[C@@H]1C(CC)(CC)O[C@H]2N1C=CC(=O)CC1=O. The van der Waals surface area contributed by atoms with Crippen LogP contribution in [0.1, 0.15) is 58.8 Å². The topological polar surface area (TPSA) is 65.1 Å². The summed E-state index contributed by atoms with van der Waals surface area (Å²) in [6.45, 7) is 4.07. The number of ether oxygens (including phenoxy) is 3. The van der Waals surface area contributed by atoms with Gasteiger partial charge in [-0.1, -0.05) is 19.8 Å². The number of hydrogen-bond acceptors (Lipinski definition) is 5. The van der Waals surface area contributed by atoms with Crippen molar-refractivity contribution in [1.29, 1.82) is 0 Å². The number of carbonyl (C=O) groups excluding carboxylic acids is 2. The molecule has 26 heavy (non-hydrogen) atoms. The summed E-state index contributed by atoms with van der Waals surface area (Å²) in [6, 6.07) is 0. The van der Waals surface area contributed by atoms with Crippen LogP contribution in [0.25, 0.3) is 0 Å². The Kier molecular flexibility index (Phi) is 4.03. The number of hydrogen-bond donors (Lipinski definition) is 0. The molecular formula is C20H25NO5. The third-order valence-electron chi connectivity index (χ3n) is 6.34. The van der Waals surface area contributed by atoms with Gasteiger partial charge in [-0.3, -0.25) is 14.5 Å². The zero-order valence-electron chi connectivity index (χ0n) is 15.3. The molecule has 0 aromatic heterocycles. The fraction of sp³-hybridized carbons (Fsp3) is 0.700. The lowest BCUT2D eigenvalue weighted by Crippen LogP contribution is -2.55. The number of carbonyl (C=O) groups is 2. The van der Waals surface area contributed by atoms with E-state index in [0.29, 0.717) is 12.8 Å². The number of amides is 1. The Bertz CT molecular complexity index is 697. The van der Waals surface area contributed by atoms with Crippen molar-refractivity contribution >= 4 is 11.7 Å². The van der Waals surface area contributed by atoms with E-state index in [2.05, 4.69) is 5.92 Å². The van der Waals surface area contributed by atoms with Gasteiger partial charge in [-0.15, -0.1) is 6.42 Å². The molecule has 0 aromatic rings. The van der Waals surface area contributed by atoms with Gasteiger partial charge >= 0.3 is 0 Å². The number of rotatable bonds is 3. The van der Waals surface area contributed by atoms with Crippen molar-refractivity contribution in [1.82, 2.24) is 4.90 Å². The Morgan fingerprint density at radius 3 is 2.50 bits per heavy atom. The number of fused-ring (bicyclic) bond motifs is 1. The van der Waals surface area contributed by atoms with E-state index in [9.17, 15) is 9.59 Å². The molecule has 3 fully saturated rings. The maximum Gasteiger partial charge on any atom is 0.236 e. The molecule has 6 heteroatoms. The van der Waals surface area contributed by atoms with Crippen molar-refractivity contribution in [2.75, 3.05) is 0 Å². The van der Waals surface area contributed by atoms with Crippen LogP contribution in [-0.4, -0.2) is 45.9 Å². The maximum absolute atomic E-state index is 12.5. The van der Waals surface area contributed by atoms with Gasteiger partial charge in [-0.25, -0.2) is 0 Å². The fourth-order valence-electron chi connectivity index (χ4n) is 4.85. The number of nitrogens with zero attached hydrogens (tertiary/aromatic N) is 1. The first-order valence-corrected chi connectivity index (χ1v) is 9.50. The second-order valence-electron chi connectivity index (χ2n) is 7.66. The summed E-state index contributed by atoms with van der Waals surface area (Å²) < 4.78 is 19.4. The predicted octanol–water partition coefficient (Wildman–Crippen LogP) is 2.27. The van der Waals surface area contributed by atoms with Gasteiger partial charge in [-0.2, -0.15) is 0 Å². The maximum atomic E-state index is 12.5. The summed E-state index contributed by atoms with van der Waals surface area (Å²) in [4.78, 5) is 25.6. The lowest BCUT2D eigenvalue weighted by Gasteiger charge is -2.37. The van der Waals surface area contributed by atoms with Gasteiger partial charge in [0.2, 0.25) is 11.5 Å². The fourth-order valence-corrected chi connectivity index (χ4v) is 4.85. The Morgan fingerprint density at radius 1 is 1.23 bits per heavy atom. The molecule has 0 N–H and O–H groups in total. The third kappa shape index (κ3) is 2.24. The molecule has 1 saturated carbocycles. The second kappa shape index (κ2) is 5.91. The highest BCUT2D eigenvalue weighted by molar-refractivity contribution is 6.06. The smallest absolute Gasteiger partial charge is 0.236 e. The van der Waals surface area contributed by atoms with Crippen LogP contribution in [0.4, 0.5) is 0 Å². The van der Waals surface area contributed by atoms with Gasteiger partial charge in [0.05, 0.1) is 6.42 Å². The molecule has 3 atom stereocenters. The first kappa shape index (κ1) is 17.7. The van der Waals surface area contributed by atoms with E-state index in [1.807, 2.05) is 13.8 Å². The van der Waals surface area contributed by atoms with Gasteiger partial charge in [0.1, 0.15) is 11.7 Å². The predicted molar refractivity (Wildman–Crippen MR) is 92.5 cm³/mol. The summed E-state index contributed by atoms with van der Waals surface area (Å²) in [7, 11) is 0.